The molecule has 0 aromatic carbocycles. The van der Waals surface area contributed by atoms with Crippen molar-refractivity contribution in [1.29, 1.82) is 0 Å². The Morgan fingerprint density at radius 1 is 1.46 bits per heavy atom. The second kappa shape index (κ2) is 4.97. The summed E-state index contributed by atoms with van der Waals surface area (Å²) in [7, 11) is 4.49. The van der Waals surface area contributed by atoms with Crippen LogP contribution in [-0.4, -0.2) is 49.6 Å². The van der Waals surface area contributed by atoms with Gasteiger partial charge in [-0.1, -0.05) is 13.8 Å². The molecule has 0 spiro atoms. The zero-order valence-corrected chi connectivity index (χ0v) is 9.58. The Hall–Kier alpha value is -0.0800. The molecule has 1 rings (SSSR count). The van der Waals surface area contributed by atoms with Gasteiger partial charge in [0.1, 0.15) is 0 Å². The van der Waals surface area contributed by atoms with E-state index in [1.807, 2.05) is 0 Å². The van der Waals surface area contributed by atoms with Crippen molar-refractivity contribution in [1.82, 2.24) is 9.80 Å². The van der Waals surface area contributed by atoms with Crippen LogP contribution < -0.4 is 0 Å². The predicted molar refractivity (Wildman–Crippen MR) is 58.0 cm³/mol. The average Bonchev–Trinajstić information content (AvgIpc) is 2.47. The Morgan fingerprint density at radius 2 is 2.15 bits per heavy atom. The van der Waals surface area contributed by atoms with Crippen LogP contribution >= 0.6 is 0 Å². The van der Waals surface area contributed by atoms with Crippen LogP contribution in [0.5, 0.6) is 0 Å². The van der Waals surface area contributed by atoms with Gasteiger partial charge in [0.25, 0.3) is 0 Å². The van der Waals surface area contributed by atoms with E-state index in [9.17, 15) is 0 Å². The predicted octanol–water partition coefficient (Wildman–Crippen LogP) is 1.67. The van der Waals surface area contributed by atoms with Crippen molar-refractivity contribution in [3.8, 4) is 0 Å². The monoisotopic (exact) mass is 184 g/mol. The maximum Gasteiger partial charge on any atom is 0.0232 e. The molecule has 1 fully saturated rings. The molecule has 0 aromatic rings. The van der Waals surface area contributed by atoms with Gasteiger partial charge in [0.2, 0.25) is 0 Å². The summed E-state index contributed by atoms with van der Waals surface area (Å²) in [6, 6.07) is 0.809. The fourth-order valence-electron chi connectivity index (χ4n) is 1.92. The van der Waals surface area contributed by atoms with Crippen molar-refractivity contribution in [3.05, 3.63) is 0 Å². The van der Waals surface area contributed by atoms with Crippen LogP contribution in [0.25, 0.3) is 0 Å². The molecule has 0 amide bonds. The first-order valence-corrected chi connectivity index (χ1v) is 5.48. The van der Waals surface area contributed by atoms with Crippen molar-refractivity contribution in [2.45, 2.75) is 32.7 Å². The Balaban J connectivity index is 2.19. The van der Waals surface area contributed by atoms with Crippen LogP contribution in [0.3, 0.4) is 0 Å². The van der Waals surface area contributed by atoms with Crippen LogP contribution in [0.15, 0.2) is 0 Å². The SMILES string of the molecule is CC(C)CCN(C)C1CCN(C)C1. The third-order valence-electron chi connectivity index (χ3n) is 3.05. The summed E-state index contributed by atoms with van der Waals surface area (Å²) in [5.74, 6) is 0.835. The van der Waals surface area contributed by atoms with E-state index >= 15 is 0 Å². The van der Waals surface area contributed by atoms with Gasteiger partial charge in [0, 0.05) is 12.6 Å². The van der Waals surface area contributed by atoms with E-state index in [1.165, 1.54) is 32.5 Å². The summed E-state index contributed by atoms with van der Waals surface area (Å²) in [5.41, 5.74) is 0. The standard InChI is InChI=1S/C11H24N2/c1-10(2)5-8-13(4)11-6-7-12(3)9-11/h10-11H,5-9H2,1-4H3. The molecule has 0 saturated carbocycles. The first-order valence-electron chi connectivity index (χ1n) is 5.48. The van der Waals surface area contributed by atoms with Crippen molar-refractivity contribution in [3.63, 3.8) is 0 Å². The Labute approximate surface area is 82.9 Å². The number of nitrogens with zero attached hydrogens (tertiary/aromatic N) is 2. The highest BCUT2D eigenvalue weighted by Gasteiger charge is 2.22. The van der Waals surface area contributed by atoms with Crippen LogP contribution in [0.4, 0.5) is 0 Å². The summed E-state index contributed by atoms with van der Waals surface area (Å²) in [5, 5.41) is 0. The van der Waals surface area contributed by atoms with Gasteiger partial charge >= 0.3 is 0 Å². The van der Waals surface area contributed by atoms with E-state index in [2.05, 4.69) is 37.7 Å². The molecule has 0 aromatic heterocycles. The molecule has 2 nitrogen and oxygen atoms in total. The normalized spacial score (nSPS) is 24.9. The minimum absolute atomic E-state index is 0.809. The lowest BCUT2D eigenvalue weighted by Gasteiger charge is -2.24. The summed E-state index contributed by atoms with van der Waals surface area (Å²) >= 11 is 0. The van der Waals surface area contributed by atoms with E-state index in [1.54, 1.807) is 0 Å². The number of rotatable bonds is 4. The van der Waals surface area contributed by atoms with Crippen molar-refractivity contribution < 1.29 is 0 Å². The third kappa shape index (κ3) is 3.65. The molecule has 13 heavy (non-hydrogen) atoms. The average molecular weight is 184 g/mol. The van der Waals surface area contributed by atoms with Crippen LogP contribution in [0.1, 0.15) is 26.7 Å². The molecule has 0 N–H and O–H groups in total. The Morgan fingerprint density at radius 3 is 2.62 bits per heavy atom. The molecule has 1 saturated heterocycles. The first kappa shape index (κ1) is 11.0. The van der Waals surface area contributed by atoms with Gasteiger partial charge in [0.15, 0.2) is 0 Å². The van der Waals surface area contributed by atoms with E-state index in [0.717, 1.165) is 12.0 Å². The maximum atomic E-state index is 2.53. The zero-order chi connectivity index (χ0) is 9.84. The quantitative estimate of drug-likeness (QED) is 0.656. The molecule has 1 heterocycles. The van der Waals surface area contributed by atoms with Crippen LogP contribution in [0, 0.1) is 5.92 Å². The fraction of sp³-hybridized carbons (Fsp3) is 1.00. The van der Waals surface area contributed by atoms with Gasteiger partial charge < -0.3 is 9.80 Å². The molecule has 78 valence electrons. The molecule has 1 aliphatic rings. The van der Waals surface area contributed by atoms with Gasteiger partial charge in [0.05, 0.1) is 0 Å². The number of hydrogen-bond donors (Lipinski definition) is 0. The zero-order valence-electron chi connectivity index (χ0n) is 9.58. The van der Waals surface area contributed by atoms with E-state index in [4.69, 9.17) is 0 Å². The lowest BCUT2D eigenvalue weighted by Crippen LogP contribution is -2.34. The number of hydrogen-bond acceptors (Lipinski definition) is 2. The molecule has 0 radical (unpaired) electrons. The molecule has 1 unspecified atom stereocenters. The number of likely N-dealkylation sites (tertiary alicyclic amines) is 1. The minimum atomic E-state index is 0.809. The van der Waals surface area contributed by atoms with Crippen molar-refractivity contribution in [2.24, 2.45) is 5.92 Å². The van der Waals surface area contributed by atoms with Gasteiger partial charge in [-0.05, 0) is 45.9 Å². The second-order valence-corrected chi connectivity index (χ2v) is 4.87. The number of likely N-dealkylation sites (N-methyl/N-ethyl adjacent to an activating group) is 2. The van der Waals surface area contributed by atoms with Crippen LogP contribution in [0.2, 0.25) is 0 Å². The largest absolute Gasteiger partial charge is 0.305 e. The highest BCUT2D eigenvalue weighted by atomic mass is 15.2. The second-order valence-electron chi connectivity index (χ2n) is 4.87. The summed E-state index contributed by atoms with van der Waals surface area (Å²) in [6.45, 7) is 8.39. The van der Waals surface area contributed by atoms with Gasteiger partial charge in [-0.2, -0.15) is 0 Å². The van der Waals surface area contributed by atoms with Gasteiger partial charge in [-0.25, -0.2) is 0 Å². The highest BCUT2D eigenvalue weighted by Crippen LogP contribution is 2.13. The molecule has 1 aliphatic heterocycles. The molecule has 1 atom stereocenters. The summed E-state index contributed by atoms with van der Waals surface area (Å²) in [4.78, 5) is 4.96. The molecule has 2 heteroatoms. The lowest BCUT2D eigenvalue weighted by molar-refractivity contribution is 0.229. The summed E-state index contributed by atoms with van der Waals surface area (Å²) in [6.07, 6.45) is 2.68. The molecule has 0 aliphatic carbocycles. The van der Waals surface area contributed by atoms with E-state index in [0.29, 0.717) is 0 Å². The van der Waals surface area contributed by atoms with Crippen molar-refractivity contribution >= 4 is 0 Å². The van der Waals surface area contributed by atoms with Gasteiger partial charge in [-0.15, -0.1) is 0 Å². The van der Waals surface area contributed by atoms with E-state index < -0.39 is 0 Å². The molecular weight excluding hydrogens is 160 g/mol. The third-order valence-corrected chi connectivity index (χ3v) is 3.05. The molecular formula is C11H24N2. The van der Waals surface area contributed by atoms with Crippen LogP contribution in [-0.2, 0) is 0 Å². The van der Waals surface area contributed by atoms with Gasteiger partial charge in [-0.3, -0.25) is 0 Å². The Bertz CT molecular complexity index is 145. The Kier molecular flexibility index (Phi) is 4.20. The first-order chi connectivity index (χ1) is 6.09. The summed E-state index contributed by atoms with van der Waals surface area (Å²) < 4.78 is 0. The lowest BCUT2D eigenvalue weighted by atomic mass is 10.1. The highest BCUT2D eigenvalue weighted by molar-refractivity contribution is 4.79. The smallest absolute Gasteiger partial charge is 0.0232 e. The molecule has 0 bridgehead atoms. The maximum absolute atomic E-state index is 2.53. The minimum Gasteiger partial charge on any atom is -0.305 e. The van der Waals surface area contributed by atoms with Crippen molar-refractivity contribution in [2.75, 3.05) is 33.7 Å². The van der Waals surface area contributed by atoms with E-state index in [-0.39, 0.29) is 0 Å². The topological polar surface area (TPSA) is 6.48 Å². The fourth-order valence-corrected chi connectivity index (χ4v) is 1.92.